The molecule has 0 spiro atoms. The first kappa shape index (κ1) is 25.6. The molecule has 0 heteroatoms. The summed E-state index contributed by atoms with van der Waals surface area (Å²) in [5.74, 6) is 6.90. The highest BCUT2D eigenvalue weighted by atomic mass is 14.7. The van der Waals surface area contributed by atoms with E-state index in [1.54, 1.807) is 6.42 Å². The monoisotopic (exact) mass is 430 g/mol. The Hall–Kier alpha value is 0. The molecule has 0 saturated heterocycles. The van der Waals surface area contributed by atoms with Gasteiger partial charge in [-0.2, -0.15) is 0 Å². The molecular formula is C31H58. The number of fused-ring (bicyclic) bond motifs is 5. The van der Waals surface area contributed by atoms with Gasteiger partial charge in [0.2, 0.25) is 0 Å². The van der Waals surface area contributed by atoms with Crippen LogP contribution in [0.25, 0.3) is 0 Å². The molecule has 4 aliphatic carbocycles. The van der Waals surface area contributed by atoms with Gasteiger partial charge in [-0.15, -0.1) is 0 Å². The number of rotatable bonds is 4. The molecule has 0 N–H and O–H groups in total. The Bertz CT molecular complexity index is 577. The molecule has 4 rings (SSSR count). The first-order valence-corrected chi connectivity index (χ1v) is 14.6. The van der Waals surface area contributed by atoms with Crippen molar-refractivity contribution in [1.29, 1.82) is 0 Å². The van der Waals surface area contributed by atoms with Crippen LogP contribution in [0.3, 0.4) is 0 Å². The summed E-state index contributed by atoms with van der Waals surface area (Å²) in [7, 11) is 0. The third-order valence-corrected chi connectivity index (χ3v) is 11.9. The van der Waals surface area contributed by atoms with Crippen LogP contribution in [0.1, 0.15) is 139 Å². The van der Waals surface area contributed by atoms with Crippen molar-refractivity contribution in [3.8, 4) is 0 Å². The third-order valence-electron chi connectivity index (χ3n) is 11.9. The maximum atomic E-state index is 2.75. The van der Waals surface area contributed by atoms with E-state index < -0.39 is 0 Å². The van der Waals surface area contributed by atoms with Gasteiger partial charge in [-0.05, 0) is 103 Å². The average Bonchev–Trinajstić information content (AvgIpc) is 3.07. The Morgan fingerprint density at radius 1 is 0.774 bits per heavy atom. The predicted octanol–water partition coefficient (Wildman–Crippen LogP) is 10.2. The summed E-state index contributed by atoms with van der Waals surface area (Å²) in [5.41, 5.74) is 1.87. The molecule has 4 fully saturated rings. The molecule has 0 nitrogen and oxygen atoms in total. The maximum Gasteiger partial charge on any atom is -0.0240 e. The van der Waals surface area contributed by atoms with E-state index in [1.807, 2.05) is 0 Å². The van der Waals surface area contributed by atoms with Crippen molar-refractivity contribution >= 4 is 0 Å². The topological polar surface area (TPSA) is 0 Å². The van der Waals surface area contributed by atoms with Crippen molar-refractivity contribution in [1.82, 2.24) is 0 Å². The Labute approximate surface area is 197 Å². The zero-order valence-corrected chi connectivity index (χ0v) is 23.0. The maximum absolute atomic E-state index is 2.75. The smallest absolute Gasteiger partial charge is 0.0240 e. The SMILES string of the molecule is CCCC.CCCC(C)C1CCC2C3C(CCC12C)C1(C)CCC(C)CC1(C)C[C@H]3C. The number of unbranched alkanes of at least 4 members (excludes halogenated alkanes) is 1. The summed E-state index contributed by atoms with van der Waals surface area (Å²) in [6.45, 7) is 22.7. The van der Waals surface area contributed by atoms with Gasteiger partial charge in [0.1, 0.15) is 0 Å². The zero-order chi connectivity index (χ0) is 23.0. The number of hydrogen-bond donors (Lipinski definition) is 0. The summed E-state index contributed by atoms with van der Waals surface area (Å²) in [5, 5.41) is 0. The molecule has 182 valence electrons. The van der Waals surface area contributed by atoms with Gasteiger partial charge in [0.05, 0.1) is 0 Å². The van der Waals surface area contributed by atoms with Gasteiger partial charge in [-0.25, -0.2) is 0 Å². The average molecular weight is 431 g/mol. The Balaban J connectivity index is 0.000000628. The van der Waals surface area contributed by atoms with Crippen LogP contribution in [-0.2, 0) is 0 Å². The highest BCUT2D eigenvalue weighted by Gasteiger charge is 2.64. The molecule has 4 saturated carbocycles. The van der Waals surface area contributed by atoms with Crippen LogP contribution in [-0.4, -0.2) is 0 Å². The summed E-state index contributed by atoms with van der Waals surface area (Å²) < 4.78 is 0. The minimum Gasteiger partial charge on any atom is -0.0654 e. The Morgan fingerprint density at radius 3 is 2.06 bits per heavy atom. The van der Waals surface area contributed by atoms with Crippen LogP contribution in [0.2, 0.25) is 0 Å². The minimum absolute atomic E-state index is 0.604. The highest BCUT2D eigenvalue weighted by Crippen LogP contribution is 2.72. The second-order valence-electron chi connectivity index (χ2n) is 13.8. The van der Waals surface area contributed by atoms with Gasteiger partial charge in [-0.1, -0.05) is 94.4 Å². The molecule has 4 aliphatic rings. The second-order valence-corrected chi connectivity index (χ2v) is 13.8. The summed E-state index contributed by atoms with van der Waals surface area (Å²) in [6, 6.07) is 0. The van der Waals surface area contributed by atoms with E-state index in [1.165, 1.54) is 70.6 Å². The normalized spacial score (nSPS) is 49.8. The largest absolute Gasteiger partial charge is 0.0654 e. The van der Waals surface area contributed by atoms with Crippen LogP contribution in [0.15, 0.2) is 0 Å². The van der Waals surface area contributed by atoms with E-state index in [-0.39, 0.29) is 0 Å². The van der Waals surface area contributed by atoms with Gasteiger partial charge in [0.25, 0.3) is 0 Å². The van der Waals surface area contributed by atoms with Gasteiger partial charge >= 0.3 is 0 Å². The lowest BCUT2D eigenvalue weighted by atomic mass is 9.38. The quantitative estimate of drug-likeness (QED) is 0.416. The van der Waals surface area contributed by atoms with E-state index in [0.717, 1.165) is 41.4 Å². The molecule has 0 heterocycles. The van der Waals surface area contributed by atoms with Gasteiger partial charge in [-0.3, -0.25) is 0 Å². The van der Waals surface area contributed by atoms with Crippen molar-refractivity contribution in [2.75, 3.05) is 0 Å². The van der Waals surface area contributed by atoms with Crippen molar-refractivity contribution in [3.63, 3.8) is 0 Å². The predicted molar refractivity (Wildman–Crippen MR) is 138 cm³/mol. The standard InChI is InChI=1S/C27H48.C4H10/c1-8-9-19(3)21-10-11-22-24-20(4)17-25(5)16-18(2)12-15-27(25,7)23(24)13-14-26(21,22)6;1-3-4-2/h18-24H,8-17H2,1-7H3;3-4H2,1-2H3/t18?,19?,20-,21?,22?,23?,24?,25?,26?,27?;/m1./s1. The first-order chi connectivity index (χ1) is 14.6. The third kappa shape index (κ3) is 4.30. The number of hydrogen-bond acceptors (Lipinski definition) is 0. The lowest BCUT2D eigenvalue weighted by Crippen LogP contribution is -2.60. The molecule has 10 atom stereocenters. The fraction of sp³-hybridized carbons (Fsp3) is 1.00. The molecule has 0 aromatic carbocycles. The lowest BCUT2D eigenvalue weighted by Gasteiger charge is -2.67. The van der Waals surface area contributed by atoms with Crippen LogP contribution >= 0.6 is 0 Å². The molecule has 0 aliphatic heterocycles. The molecule has 9 unspecified atom stereocenters. The van der Waals surface area contributed by atoms with Crippen LogP contribution < -0.4 is 0 Å². The summed E-state index contributed by atoms with van der Waals surface area (Å²) in [6.07, 6.45) is 17.6. The van der Waals surface area contributed by atoms with E-state index in [4.69, 9.17) is 0 Å². The zero-order valence-electron chi connectivity index (χ0n) is 23.0. The first-order valence-electron chi connectivity index (χ1n) is 14.6. The lowest BCUT2D eigenvalue weighted by molar-refractivity contribution is -0.182. The molecule has 0 radical (unpaired) electrons. The molecule has 0 aromatic rings. The molecule has 0 aromatic heterocycles. The van der Waals surface area contributed by atoms with E-state index in [2.05, 4.69) is 62.3 Å². The molecule has 31 heavy (non-hydrogen) atoms. The Morgan fingerprint density at radius 2 is 1.45 bits per heavy atom. The molecular weight excluding hydrogens is 372 g/mol. The minimum atomic E-state index is 0.604. The summed E-state index contributed by atoms with van der Waals surface area (Å²) >= 11 is 0. The van der Waals surface area contributed by atoms with Gasteiger partial charge in [0.15, 0.2) is 0 Å². The van der Waals surface area contributed by atoms with E-state index in [0.29, 0.717) is 16.2 Å². The van der Waals surface area contributed by atoms with E-state index >= 15 is 0 Å². The second kappa shape index (κ2) is 9.70. The van der Waals surface area contributed by atoms with Crippen LogP contribution in [0.5, 0.6) is 0 Å². The van der Waals surface area contributed by atoms with Crippen molar-refractivity contribution in [2.24, 2.45) is 57.7 Å². The van der Waals surface area contributed by atoms with Crippen LogP contribution in [0, 0.1) is 57.7 Å². The fourth-order valence-electron chi connectivity index (χ4n) is 10.1. The molecule has 0 amide bonds. The van der Waals surface area contributed by atoms with Crippen molar-refractivity contribution in [2.45, 2.75) is 139 Å². The summed E-state index contributed by atoms with van der Waals surface area (Å²) in [4.78, 5) is 0. The molecule has 0 bridgehead atoms. The van der Waals surface area contributed by atoms with E-state index in [9.17, 15) is 0 Å². The van der Waals surface area contributed by atoms with Crippen molar-refractivity contribution in [3.05, 3.63) is 0 Å². The van der Waals surface area contributed by atoms with Crippen LogP contribution in [0.4, 0.5) is 0 Å². The van der Waals surface area contributed by atoms with Gasteiger partial charge in [0, 0.05) is 0 Å². The Kier molecular flexibility index (Phi) is 8.02. The fourth-order valence-corrected chi connectivity index (χ4v) is 10.1. The van der Waals surface area contributed by atoms with Gasteiger partial charge < -0.3 is 0 Å². The van der Waals surface area contributed by atoms with Crippen molar-refractivity contribution < 1.29 is 0 Å². The highest BCUT2D eigenvalue weighted by molar-refractivity contribution is 5.13.